The highest BCUT2D eigenvalue weighted by Crippen LogP contribution is 2.07. The molecule has 88 valence electrons. The number of aromatic nitrogens is 1. The molecule has 0 bridgehead atoms. The van der Waals surface area contributed by atoms with Crippen LogP contribution in [0.5, 0.6) is 0 Å². The monoisotopic (exact) mass is 220 g/mol. The van der Waals surface area contributed by atoms with Gasteiger partial charge in [-0.25, -0.2) is 0 Å². The van der Waals surface area contributed by atoms with Gasteiger partial charge in [0, 0.05) is 50.3 Å². The van der Waals surface area contributed by atoms with E-state index in [1.807, 2.05) is 24.5 Å². The van der Waals surface area contributed by atoms with Crippen LogP contribution in [0.3, 0.4) is 0 Å². The second-order valence-electron chi connectivity index (χ2n) is 4.29. The molecule has 0 saturated carbocycles. The average Bonchev–Trinajstić information content (AvgIpc) is 2.33. The number of hydrogen-bond acceptors (Lipinski definition) is 4. The largest absolute Gasteiger partial charge is 0.385 e. The topological polar surface area (TPSA) is 40.2 Å². The Morgan fingerprint density at radius 1 is 1.50 bits per heavy atom. The molecule has 1 aliphatic heterocycles. The van der Waals surface area contributed by atoms with Crippen LogP contribution in [-0.2, 0) is 0 Å². The number of hydrogen-bond donors (Lipinski definition) is 2. The normalized spacial score (nSPS) is 21.9. The lowest BCUT2D eigenvalue weighted by Gasteiger charge is -2.33. The van der Waals surface area contributed by atoms with E-state index < -0.39 is 0 Å². The van der Waals surface area contributed by atoms with Gasteiger partial charge in [-0.2, -0.15) is 0 Å². The number of rotatable bonds is 4. The minimum Gasteiger partial charge on any atom is -0.385 e. The van der Waals surface area contributed by atoms with Crippen molar-refractivity contribution in [2.45, 2.75) is 12.5 Å². The molecule has 1 unspecified atom stereocenters. The Morgan fingerprint density at radius 3 is 3.06 bits per heavy atom. The molecule has 1 aromatic heterocycles. The molecule has 2 N–H and O–H groups in total. The van der Waals surface area contributed by atoms with Gasteiger partial charge in [0.1, 0.15) is 0 Å². The van der Waals surface area contributed by atoms with Gasteiger partial charge in [-0.3, -0.25) is 4.98 Å². The molecule has 2 rings (SSSR count). The van der Waals surface area contributed by atoms with Gasteiger partial charge in [-0.05, 0) is 25.6 Å². The van der Waals surface area contributed by atoms with Crippen LogP contribution in [-0.4, -0.2) is 49.2 Å². The van der Waals surface area contributed by atoms with Gasteiger partial charge in [0.05, 0.1) is 0 Å². The Labute approximate surface area is 97.1 Å². The summed E-state index contributed by atoms with van der Waals surface area (Å²) < 4.78 is 0. The molecule has 16 heavy (non-hydrogen) atoms. The lowest BCUT2D eigenvalue weighted by Crippen LogP contribution is -2.49. The van der Waals surface area contributed by atoms with Crippen molar-refractivity contribution in [2.24, 2.45) is 0 Å². The highest BCUT2D eigenvalue weighted by atomic mass is 15.2. The first-order valence-corrected chi connectivity index (χ1v) is 5.91. The number of nitrogens with one attached hydrogen (secondary N) is 2. The highest BCUT2D eigenvalue weighted by molar-refractivity contribution is 5.40. The number of nitrogens with zero attached hydrogens (tertiary/aromatic N) is 2. The van der Waals surface area contributed by atoms with Gasteiger partial charge in [0.25, 0.3) is 0 Å². The molecule has 4 nitrogen and oxygen atoms in total. The third-order valence-electron chi connectivity index (χ3n) is 3.13. The Bertz CT molecular complexity index is 301. The van der Waals surface area contributed by atoms with Crippen molar-refractivity contribution < 1.29 is 0 Å². The van der Waals surface area contributed by atoms with Crippen LogP contribution in [0.4, 0.5) is 5.69 Å². The van der Waals surface area contributed by atoms with Gasteiger partial charge in [0.15, 0.2) is 0 Å². The molecule has 0 radical (unpaired) electrons. The predicted molar refractivity (Wildman–Crippen MR) is 66.6 cm³/mol. The first kappa shape index (κ1) is 11.4. The smallest absolute Gasteiger partial charge is 0.0371 e. The minimum absolute atomic E-state index is 0.656. The summed E-state index contributed by atoms with van der Waals surface area (Å²) >= 11 is 0. The van der Waals surface area contributed by atoms with Crippen LogP contribution in [0.2, 0.25) is 0 Å². The third kappa shape index (κ3) is 3.18. The summed E-state index contributed by atoms with van der Waals surface area (Å²) in [6, 6.07) is 4.66. The van der Waals surface area contributed by atoms with Crippen molar-refractivity contribution >= 4 is 5.69 Å². The molecule has 1 aliphatic rings. The van der Waals surface area contributed by atoms with Gasteiger partial charge in [-0.15, -0.1) is 0 Å². The summed E-state index contributed by atoms with van der Waals surface area (Å²) in [5, 5.41) is 6.85. The number of pyridine rings is 1. The van der Waals surface area contributed by atoms with Crippen LogP contribution < -0.4 is 10.6 Å². The van der Waals surface area contributed by atoms with E-state index in [4.69, 9.17) is 0 Å². The first-order valence-electron chi connectivity index (χ1n) is 5.91. The molecule has 0 amide bonds. The third-order valence-corrected chi connectivity index (χ3v) is 3.13. The van der Waals surface area contributed by atoms with E-state index >= 15 is 0 Å². The van der Waals surface area contributed by atoms with Crippen molar-refractivity contribution in [3.8, 4) is 0 Å². The summed E-state index contributed by atoms with van der Waals surface area (Å²) in [7, 11) is 2.21. The first-order chi connectivity index (χ1) is 7.86. The fourth-order valence-electron chi connectivity index (χ4n) is 2.04. The quantitative estimate of drug-likeness (QED) is 0.787. The van der Waals surface area contributed by atoms with Crippen molar-refractivity contribution in [2.75, 3.05) is 38.5 Å². The fraction of sp³-hybridized carbons (Fsp3) is 0.583. The van der Waals surface area contributed by atoms with Crippen molar-refractivity contribution in [1.29, 1.82) is 0 Å². The Balaban J connectivity index is 1.71. The van der Waals surface area contributed by atoms with Gasteiger partial charge < -0.3 is 15.5 Å². The van der Waals surface area contributed by atoms with Gasteiger partial charge >= 0.3 is 0 Å². The summed E-state index contributed by atoms with van der Waals surface area (Å²) in [6.07, 6.45) is 4.80. The number of likely N-dealkylation sites (N-methyl/N-ethyl adjacent to an activating group) is 1. The predicted octanol–water partition coefficient (Wildman–Crippen LogP) is 0.787. The maximum atomic E-state index is 4.00. The molecule has 0 aromatic carbocycles. The molecule has 1 saturated heterocycles. The summed E-state index contributed by atoms with van der Waals surface area (Å²) in [4.78, 5) is 6.43. The van der Waals surface area contributed by atoms with E-state index in [0.717, 1.165) is 31.9 Å². The zero-order valence-corrected chi connectivity index (χ0v) is 9.82. The minimum atomic E-state index is 0.656. The van der Waals surface area contributed by atoms with Crippen LogP contribution >= 0.6 is 0 Å². The van der Waals surface area contributed by atoms with Crippen LogP contribution in [0.15, 0.2) is 24.5 Å². The van der Waals surface area contributed by atoms with Crippen LogP contribution in [0.25, 0.3) is 0 Å². The van der Waals surface area contributed by atoms with E-state index in [2.05, 4.69) is 27.6 Å². The standard InChI is InChI=1S/C12H20N4/c1-16-9-8-14-10-12(16)4-7-15-11-2-5-13-6-3-11/h2-3,5-6,12,14H,4,7-10H2,1H3,(H,13,15). The Kier molecular flexibility index (Phi) is 4.13. The highest BCUT2D eigenvalue weighted by Gasteiger charge is 2.17. The number of piperazine rings is 1. The summed E-state index contributed by atoms with van der Waals surface area (Å²) in [5.74, 6) is 0. The summed E-state index contributed by atoms with van der Waals surface area (Å²) in [5.41, 5.74) is 1.15. The fourth-order valence-corrected chi connectivity index (χ4v) is 2.04. The molecular formula is C12H20N4. The second kappa shape index (κ2) is 5.82. The SMILES string of the molecule is CN1CCNCC1CCNc1ccncc1. The molecule has 2 heterocycles. The second-order valence-corrected chi connectivity index (χ2v) is 4.29. The molecule has 0 aliphatic carbocycles. The van der Waals surface area contributed by atoms with Crippen molar-refractivity contribution in [3.05, 3.63) is 24.5 Å². The lowest BCUT2D eigenvalue weighted by atomic mass is 10.1. The van der Waals surface area contributed by atoms with Crippen LogP contribution in [0.1, 0.15) is 6.42 Å². The zero-order chi connectivity index (χ0) is 11.2. The van der Waals surface area contributed by atoms with E-state index in [1.54, 1.807) is 0 Å². The zero-order valence-electron chi connectivity index (χ0n) is 9.82. The van der Waals surface area contributed by atoms with E-state index in [1.165, 1.54) is 6.42 Å². The van der Waals surface area contributed by atoms with E-state index in [9.17, 15) is 0 Å². The lowest BCUT2D eigenvalue weighted by molar-refractivity contribution is 0.194. The molecule has 1 atom stereocenters. The van der Waals surface area contributed by atoms with Crippen molar-refractivity contribution in [1.82, 2.24) is 15.2 Å². The van der Waals surface area contributed by atoms with Crippen molar-refractivity contribution in [3.63, 3.8) is 0 Å². The Morgan fingerprint density at radius 2 is 2.31 bits per heavy atom. The number of anilines is 1. The van der Waals surface area contributed by atoms with Gasteiger partial charge in [-0.1, -0.05) is 0 Å². The van der Waals surface area contributed by atoms with E-state index in [-0.39, 0.29) is 0 Å². The van der Waals surface area contributed by atoms with Crippen LogP contribution in [0, 0.1) is 0 Å². The Hall–Kier alpha value is -1.13. The van der Waals surface area contributed by atoms with E-state index in [0.29, 0.717) is 6.04 Å². The van der Waals surface area contributed by atoms with Gasteiger partial charge in [0.2, 0.25) is 0 Å². The molecule has 4 heteroatoms. The molecule has 0 spiro atoms. The maximum absolute atomic E-state index is 4.00. The molecule has 1 aromatic rings. The molecule has 1 fully saturated rings. The average molecular weight is 220 g/mol. The summed E-state index contributed by atoms with van der Waals surface area (Å²) in [6.45, 7) is 4.39. The molecular weight excluding hydrogens is 200 g/mol. The maximum Gasteiger partial charge on any atom is 0.0371 e.